The number of aryl methyl sites for hydroxylation is 2. The van der Waals surface area contributed by atoms with Crippen molar-refractivity contribution in [2.24, 2.45) is 0 Å². The summed E-state index contributed by atoms with van der Waals surface area (Å²) in [4.78, 5) is 17.4. The highest BCUT2D eigenvalue weighted by atomic mass is 16.3. The fraction of sp³-hybridized carbons (Fsp3) is 0.0714. The number of anilines is 1. The molecule has 0 atom stereocenters. The molecule has 32 heavy (non-hydrogen) atoms. The van der Waals surface area contributed by atoms with Crippen LogP contribution in [-0.2, 0) is 0 Å². The summed E-state index contributed by atoms with van der Waals surface area (Å²) in [5.41, 5.74) is 8.13. The molecule has 0 spiro atoms. The summed E-state index contributed by atoms with van der Waals surface area (Å²) in [6.07, 6.45) is 0. The van der Waals surface area contributed by atoms with Gasteiger partial charge in [0.25, 0.3) is 5.91 Å². The predicted molar refractivity (Wildman–Crippen MR) is 129 cm³/mol. The van der Waals surface area contributed by atoms with Gasteiger partial charge in [0.15, 0.2) is 5.58 Å². The van der Waals surface area contributed by atoms with Gasteiger partial charge in [-0.25, -0.2) is 4.98 Å². The largest absolute Gasteiger partial charge is 0.436 e. The third-order valence-corrected chi connectivity index (χ3v) is 5.37. The molecule has 0 aliphatic heterocycles. The lowest BCUT2D eigenvalue weighted by atomic mass is 10.0. The van der Waals surface area contributed by atoms with E-state index in [0.29, 0.717) is 28.2 Å². The minimum absolute atomic E-state index is 0.165. The molecule has 1 aromatic heterocycles. The molecule has 0 saturated carbocycles. The summed E-state index contributed by atoms with van der Waals surface area (Å²) >= 11 is 0. The first-order valence-electron chi connectivity index (χ1n) is 10.5. The molecule has 0 unspecified atom stereocenters. The average Bonchev–Trinajstić information content (AvgIpc) is 3.23. The number of nitrogens with zero attached hydrogens (tertiary/aromatic N) is 1. The van der Waals surface area contributed by atoms with Crippen LogP contribution < -0.4 is 5.32 Å². The zero-order valence-corrected chi connectivity index (χ0v) is 17.9. The zero-order valence-electron chi connectivity index (χ0n) is 17.9. The maximum Gasteiger partial charge on any atom is 0.255 e. The molecule has 1 N–H and O–H groups in total. The molecule has 5 aromatic rings. The number of hydrogen-bond donors (Lipinski definition) is 1. The quantitative estimate of drug-likeness (QED) is 0.341. The number of fused-ring (bicyclic) bond motifs is 1. The lowest BCUT2D eigenvalue weighted by Crippen LogP contribution is -2.11. The van der Waals surface area contributed by atoms with Gasteiger partial charge in [-0.05, 0) is 67.4 Å². The molecule has 0 fully saturated rings. The Morgan fingerprint density at radius 3 is 2.16 bits per heavy atom. The first kappa shape index (κ1) is 19.8. The molecule has 1 amide bonds. The highest BCUT2D eigenvalue weighted by Crippen LogP contribution is 2.28. The normalized spacial score (nSPS) is 10.9. The average molecular weight is 418 g/mol. The van der Waals surface area contributed by atoms with Crippen LogP contribution in [0, 0.1) is 13.8 Å². The van der Waals surface area contributed by atoms with Gasteiger partial charge < -0.3 is 9.73 Å². The van der Waals surface area contributed by atoms with Crippen LogP contribution in [0.1, 0.15) is 21.5 Å². The van der Waals surface area contributed by atoms with Crippen LogP contribution >= 0.6 is 0 Å². The Morgan fingerprint density at radius 1 is 0.750 bits per heavy atom. The third-order valence-electron chi connectivity index (χ3n) is 5.37. The van der Waals surface area contributed by atoms with E-state index in [0.717, 1.165) is 27.8 Å². The molecular formula is C28H22N2O2. The van der Waals surface area contributed by atoms with Crippen LogP contribution in [0.3, 0.4) is 0 Å². The number of hydrogen-bond acceptors (Lipinski definition) is 3. The SMILES string of the molecule is Cc1cc(C)cc(-c2nc3cc(NC(=O)c4ccc(-c5ccccc5)cc4)ccc3o2)c1. The number of carbonyl (C=O) groups is 1. The standard InChI is InChI=1S/C28H22N2O2/c1-18-14-19(2)16-23(15-18)28-30-25-17-24(12-13-26(25)32-28)29-27(31)22-10-8-21(9-11-22)20-6-4-3-5-7-20/h3-17H,1-2H3,(H,29,31). The summed E-state index contributed by atoms with van der Waals surface area (Å²) in [6, 6.07) is 29.4. The summed E-state index contributed by atoms with van der Waals surface area (Å²) in [5.74, 6) is 0.411. The molecule has 0 radical (unpaired) electrons. The number of aromatic nitrogens is 1. The fourth-order valence-electron chi connectivity index (χ4n) is 3.87. The van der Waals surface area contributed by atoms with Crippen LogP contribution in [0.25, 0.3) is 33.7 Å². The van der Waals surface area contributed by atoms with Gasteiger partial charge in [-0.3, -0.25) is 4.79 Å². The number of nitrogens with one attached hydrogen (secondary N) is 1. The lowest BCUT2D eigenvalue weighted by molar-refractivity contribution is 0.102. The Kier molecular flexibility index (Phi) is 5.04. The second-order valence-electron chi connectivity index (χ2n) is 7.98. The maximum atomic E-state index is 12.7. The van der Waals surface area contributed by atoms with E-state index in [1.165, 1.54) is 0 Å². The van der Waals surface area contributed by atoms with Crippen LogP contribution in [0.15, 0.2) is 95.4 Å². The van der Waals surface area contributed by atoms with Crippen LogP contribution in [0.4, 0.5) is 5.69 Å². The van der Waals surface area contributed by atoms with Crippen molar-refractivity contribution in [3.63, 3.8) is 0 Å². The molecule has 1 heterocycles. The summed E-state index contributed by atoms with van der Waals surface area (Å²) in [5, 5.41) is 2.96. The first-order valence-corrected chi connectivity index (χ1v) is 10.5. The lowest BCUT2D eigenvalue weighted by Gasteiger charge is -2.06. The summed E-state index contributed by atoms with van der Waals surface area (Å²) in [7, 11) is 0. The Balaban J connectivity index is 1.36. The van der Waals surface area contributed by atoms with Gasteiger partial charge in [0.05, 0.1) is 0 Å². The van der Waals surface area contributed by atoms with Crippen molar-refractivity contribution in [2.45, 2.75) is 13.8 Å². The monoisotopic (exact) mass is 418 g/mol. The predicted octanol–water partition coefficient (Wildman–Crippen LogP) is 7.03. The van der Waals surface area contributed by atoms with Crippen molar-refractivity contribution in [1.29, 1.82) is 0 Å². The van der Waals surface area contributed by atoms with Gasteiger partial charge in [0, 0.05) is 16.8 Å². The van der Waals surface area contributed by atoms with Gasteiger partial charge >= 0.3 is 0 Å². The van der Waals surface area contributed by atoms with Gasteiger partial charge in [0.1, 0.15) is 5.52 Å². The Labute approximate surface area is 186 Å². The smallest absolute Gasteiger partial charge is 0.255 e. The first-order chi connectivity index (χ1) is 15.5. The molecule has 4 nitrogen and oxygen atoms in total. The summed E-state index contributed by atoms with van der Waals surface area (Å²) < 4.78 is 5.94. The second-order valence-corrected chi connectivity index (χ2v) is 7.98. The van der Waals surface area contributed by atoms with Gasteiger partial charge in [-0.1, -0.05) is 59.7 Å². The van der Waals surface area contributed by atoms with Crippen molar-refractivity contribution in [1.82, 2.24) is 4.98 Å². The van der Waals surface area contributed by atoms with E-state index in [1.54, 1.807) is 0 Å². The minimum Gasteiger partial charge on any atom is -0.436 e. The zero-order chi connectivity index (χ0) is 22.1. The van der Waals surface area contributed by atoms with Crippen molar-refractivity contribution in [2.75, 3.05) is 5.32 Å². The maximum absolute atomic E-state index is 12.7. The second kappa shape index (κ2) is 8.16. The fourth-order valence-corrected chi connectivity index (χ4v) is 3.87. The Hall–Kier alpha value is -4.18. The number of rotatable bonds is 4. The summed E-state index contributed by atoms with van der Waals surface area (Å²) in [6.45, 7) is 4.11. The van der Waals surface area contributed by atoms with E-state index < -0.39 is 0 Å². The van der Waals surface area contributed by atoms with Gasteiger partial charge in [-0.2, -0.15) is 0 Å². The van der Waals surface area contributed by atoms with Crippen LogP contribution in [0.5, 0.6) is 0 Å². The molecule has 156 valence electrons. The molecule has 0 aliphatic carbocycles. The van der Waals surface area contributed by atoms with Crippen LogP contribution in [0.2, 0.25) is 0 Å². The highest BCUT2D eigenvalue weighted by Gasteiger charge is 2.12. The number of benzene rings is 4. The Morgan fingerprint density at radius 2 is 1.44 bits per heavy atom. The number of carbonyl (C=O) groups excluding carboxylic acids is 1. The highest BCUT2D eigenvalue weighted by molar-refractivity contribution is 6.05. The van der Waals surface area contributed by atoms with Crippen molar-refractivity contribution >= 4 is 22.7 Å². The number of oxazole rings is 1. The molecule has 4 heteroatoms. The van der Waals surface area contributed by atoms with Crippen molar-refractivity contribution < 1.29 is 9.21 Å². The van der Waals surface area contributed by atoms with E-state index in [9.17, 15) is 4.79 Å². The molecule has 5 rings (SSSR count). The van der Waals surface area contributed by atoms with E-state index >= 15 is 0 Å². The van der Waals surface area contributed by atoms with E-state index in [-0.39, 0.29) is 5.91 Å². The van der Waals surface area contributed by atoms with Crippen molar-refractivity contribution in [3.05, 3.63) is 108 Å². The number of amides is 1. The third kappa shape index (κ3) is 4.03. The molecule has 0 aliphatic rings. The van der Waals surface area contributed by atoms with Crippen LogP contribution in [-0.4, -0.2) is 10.9 Å². The van der Waals surface area contributed by atoms with Gasteiger partial charge in [0.2, 0.25) is 5.89 Å². The minimum atomic E-state index is -0.165. The van der Waals surface area contributed by atoms with E-state index in [4.69, 9.17) is 4.42 Å². The molecule has 0 saturated heterocycles. The van der Waals surface area contributed by atoms with E-state index in [1.807, 2.05) is 60.7 Å². The molecule has 0 bridgehead atoms. The van der Waals surface area contributed by atoms with E-state index in [2.05, 4.69) is 54.5 Å². The topological polar surface area (TPSA) is 55.1 Å². The molecule has 4 aromatic carbocycles. The van der Waals surface area contributed by atoms with Gasteiger partial charge in [-0.15, -0.1) is 0 Å². The molecular weight excluding hydrogens is 396 g/mol. The van der Waals surface area contributed by atoms with Crippen molar-refractivity contribution in [3.8, 4) is 22.6 Å². The Bertz CT molecular complexity index is 1400.